The lowest BCUT2D eigenvalue weighted by Crippen LogP contribution is -1.93. The molecule has 0 saturated carbocycles. The van der Waals surface area contributed by atoms with Crippen LogP contribution in [0, 0.1) is 5.82 Å². The molecule has 0 aliphatic carbocycles. The SMILES string of the molecule is COc1cc2c(Oc3ccc(N)cc3F)ccnc2cc1O. The van der Waals surface area contributed by atoms with Gasteiger partial charge in [-0.25, -0.2) is 4.39 Å². The first-order valence-electron chi connectivity index (χ1n) is 6.47. The second-order valence-electron chi connectivity index (χ2n) is 4.64. The molecule has 0 aliphatic heterocycles. The summed E-state index contributed by atoms with van der Waals surface area (Å²) in [6.45, 7) is 0. The van der Waals surface area contributed by atoms with E-state index in [1.165, 1.54) is 31.5 Å². The molecule has 0 radical (unpaired) electrons. The molecule has 0 aliphatic rings. The molecule has 0 saturated heterocycles. The molecule has 3 aromatic rings. The normalized spacial score (nSPS) is 10.6. The van der Waals surface area contributed by atoms with Crippen molar-refractivity contribution in [3.8, 4) is 23.0 Å². The lowest BCUT2D eigenvalue weighted by atomic mass is 10.2. The summed E-state index contributed by atoms with van der Waals surface area (Å²) in [4.78, 5) is 4.15. The van der Waals surface area contributed by atoms with Crippen molar-refractivity contribution in [2.45, 2.75) is 0 Å². The number of ether oxygens (including phenoxy) is 2. The largest absolute Gasteiger partial charge is 0.504 e. The van der Waals surface area contributed by atoms with E-state index in [4.69, 9.17) is 15.2 Å². The minimum Gasteiger partial charge on any atom is -0.504 e. The number of benzene rings is 2. The van der Waals surface area contributed by atoms with Gasteiger partial charge >= 0.3 is 0 Å². The lowest BCUT2D eigenvalue weighted by Gasteiger charge is -2.11. The van der Waals surface area contributed by atoms with Gasteiger partial charge < -0.3 is 20.3 Å². The maximum atomic E-state index is 13.9. The fraction of sp³-hybridized carbons (Fsp3) is 0.0625. The molecule has 0 spiro atoms. The molecule has 0 unspecified atom stereocenters. The van der Waals surface area contributed by atoms with Gasteiger partial charge in [0.25, 0.3) is 0 Å². The zero-order valence-corrected chi connectivity index (χ0v) is 11.7. The highest BCUT2D eigenvalue weighted by Crippen LogP contribution is 2.36. The van der Waals surface area contributed by atoms with E-state index in [1.807, 2.05) is 0 Å². The van der Waals surface area contributed by atoms with E-state index >= 15 is 0 Å². The van der Waals surface area contributed by atoms with Gasteiger partial charge in [0.2, 0.25) is 0 Å². The van der Waals surface area contributed by atoms with Crippen LogP contribution in [0.1, 0.15) is 0 Å². The Balaban J connectivity index is 2.10. The van der Waals surface area contributed by atoms with Gasteiger partial charge in [0.1, 0.15) is 5.75 Å². The number of nitrogens with two attached hydrogens (primary N) is 1. The van der Waals surface area contributed by atoms with Crippen LogP contribution < -0.4 is 15.2 Å². The van der Waals surface area contributed by atoms with Crippen LogP contribution in [0.15, 0.2) is 42.6 Å². The number of phenolic OH excluding ortho intramolecular Hbond substituents is 1. The van der Waals surface area contributed by atoms with Crippen LogP contribution in [0.3, 0.4) is 0 Å². The van der Waals surface area contributed by atoms with Crippen molar-refractivity contribution in [3.63, 3.8) is 0 Å². The van der Waals surface area contributed by atoms with Gasteiger partial charge in [-0.05, 0) is 24.3 Å². The van der Waals surface area contributed by atoms with E-state index < -0.39 is 5.82 Å². The minimum atomic E-state index is -0.560. The monoisotopic (exact) mass is 300 g/mol. The summed E-state index contributed by atoms with van der Waals surface area (Å²) < 4.78 is 24.5. The Morgan fingerprint density at radius 2 is 1.91 bits per heavy atom. The molecular weight excluding hydrogens is 287 g/mol. The molecule has 2 aromatic carbocycles. The maximum absolute atomic E-state index is 13.9. The smallest absolute Gasteiger partial charge is 0.167 e. The topological polar surface area (TPSA) is 77.6 Å². The van der Waals surface area contributed by atoms with Crippen molar-refractivity contribution >= 4 is 16.6 Å². The Morgan fingerprint density at radius 3 is 2.64 bits per heavy atom. The minimum absolute atomic E-state index is 0.0293. The van der Waals surface area contributed by atoms with E-state index in [-0.39, 0.29) is 17.2 Å². The molecule has 0 atom stereocenters. The molecule has 5 nitrogen and oxygen atoms in total. The van der Waals surface area contributed by atoms with E-state index in [0.717, 1.165) is 0 Å². The standard InChI is InChI=1S/C16H13FN2O3/c1-21-16-7-10-12(8-13(16)20)19-5-4-14(10)22-15-3-2-9(18)6-11(15)17/h2-8,20H,18H2,1H3. The van der Waals surface area contributed by atoms with Crippen molar-refractivity contribution < 1.29 is 19.0 Å². The summed E-state index contributed by atoms with van der Waals surface area (Å²) in [5, 5.41) is 10.4. The van der Waals surface area contributed by atoms with Crippen molar-refractivity contribution in [2.24, 2.45) is 0 Å². The maximum Gasteiger partial charge on any atom is 0.167 e. The molecular formula is C16H13FN2O3. The highest BCUT2D eigenvalue weighted by Gasteiger charge is 2.12. The molecule has 112 valence electrons. The number of aromatic hydroxyl groups is 1. The summed E-state index contributed by atoms with van der Waals surface area (Å²) in [5.74, 6) is 0.137. The highest BCUT2D eigenvalue weighted by molar-refractivity contribution is 5.88. The first-order chi connectivity index (χ1) is 10.6. The molecule has 0 bridgehead atoms. The lowest BCUT2D eigenvalue weighted by molar-refractivity contribution is 0.374. The fourth-order valence-electron chi connectivity index (χ4n) is 2.11. The summed E-state index contributed by atoms with van der Waals surface area (Å²) >= 11 is 0. The highest BCUT2D eigenvalue weighted by atomic mass is 19.1. The van der Waals surface area contributed by atoms with Crippen LogP contribution in [0.5, 0.6) is 23.0 Å². The third-order valence-electron chi connectivity index (χ3n) is 3.18. The first kappa shape index (κ1) is 13.9. The van der Waals surface area contributed by atoms with Gasteiger partial charge in [-0.3, -0.25) is 4.98 Å². The van der Waals surface area contributed by atoms with Gasteiger partial charge in [-0.2, -0.15) is 0 Å². The van der Waals surface area contributed by atoms with E-state index in [1.54, 1.807) is 18.2 Å². The number of hydrogen-bond acceptors (Lipinski definition) is 5. The van der Waals surface area contributed by atoms with E-state index in [9.17, 15) is 9.50 Å². The number of rotatable bonds is 3. The van der Waals surface area contributed by atoms with Crippen LogP contribution in [0.25, 0.3) is 10.9 Å². The summed E-state index contributed by atoms with van der Waals surface area (Å²) in [5.41, 5.74) is 6.34. The summed E-state index contributed by atoms with van der Waals surface area (Å²) in [6, 6.07) is 8.84. The zero-order valence-electron chi connectivity index (χ0n) is 11.7. The number of nitrogen functional groups attached to an aromatic ring is 1. The number of fused-ring (bicyclic) bond motifs is 1. The Morgan fingerprint density at radius 1 is 1.09 bits per heavy atom. The van der Waals surface area contributed by atoms with Crippen LogP contribution in [-0.4, -0.2) is 17.2 Å². The van der Waals surface area contributed by atoms with E-state index in [2.05, 4.69) is 4.98 Å². The quantitative estimate of drug-likeness (QED) is 0.724. The average Bonchev–Trinajstić information content (AvgIpc) is 2.49. The Kier molecular flexibility index (Phi) is 3.42. The number of nitrogens with zero attached hydrogens (tertiary/aromatic N) is 1. The molecule has 3 N–H and O–H groups in total. The van der Waals surface area contributed by atoms with Crippen molar-refractivity contribution in [1.82, 2.24) is 4.98 Å². The van der Waals surface area contributed by atoms with Crippen LogP contribution in [-0.2, 0) is 0 Å². The Labute approximate surface area is 125 Å². The number of hydrogen-bond donors (Lipinski definition) is 2. The number of pyridine rings is 1. The predicted octanol–water partition coefficient (Wildman–Crippen LogP) is 3.46. The van der Waals surface area contributed by atoms with Crippen LogP contribution in [0.4, 0.5) is 10.1 Å². The van der Waals surface area contributed by atoms with Gasteiger partial charge in [0.15, 0.2) is 23.1 Å². The number of aromatic nitrogens is 1. The van der Waals surface area contributed by atoms with Crippen LogP contribution >= 0.6 is 0 Å². The zero-order chi connectivity index (χ0) is 15.7. The van der Waals surface area contributed by atoms with Gasteiger partial charge in [0, 0.05) is 29.4 Å². The first-order valence-corrected chi connectivity index (χ1v) is 6.47. The second-order valence-corrected chi connectivity index (χ2v) is 4.64. The van der Waals surface area contributed by atoms with E-state index in [0.29, 0.717) is 22.3 Å². The van der Waals surface area contributed by atoms with Gasteiger partial charge in [-0.1, -0.05) is 0 Å². The third-order valence-corrected chi connectivity index (χ3v) is 3.18. The fourth-order valence-corrected chi connectivity index (χ4v) is 2.11. The van der Waals surface area contributed by atoms with Crippen molar-refractivity contribution in [3.05, 3.63) is 48.4 Å². The Bertz CT molecular complexity index is 852. The summed E-state index contributed by atoms with van der Waals surface area (Å²) in [7, 11) is 1.44. The van der Waals surface area contributed by atoms with Crippen LogP contribution in [0.2, 0.25) is 0 Å². The average molecular weight is 300 g/mol. The van der Waals surface area contributed by atoms with Gasteiger partial charge in [-0.15, -0.1) is 0 Å². The number of methoxy groups -OCH3 is 1. The molecule has 1 aromatic heterocycles. The summed E-state index contributed by atoms with van der Waals surface area (Å²) in [6.07, 6.45) is 1.51. The molecule has 0 fully saturated rings. The van der Waals surface area contributed by atoms with Crippen molar-refractivity contribution in [2.75, 3.05) is 12.8 Å². The number of anilines is 1. The molecule has 3 rings (SSSR count). The number of phenols is 1. The Hall–Kier alpha value is -3.02. The number of halogens is 1. The van der Waals surface area contributed by atoms with Gasteiger partial charge in [0.05, 0.1) is 12.6 Å². The molecule has 1 heterocycles. The molecule has 6 heteroatoms. The molecule has 22 heavy (non-hydrogen) atoms. The van der Waals surface area contributed by atoms with Crippen molar-refractivity contribution in [1.29, 1.82) is 0 Å². The third kappa shape index (κ3) is 2.46. The molecule has 0 amide bonds. The second kappa shape index (κ2) is 5.40. The predicted molar refractivity (Wildman–Crippen MR) is 80.8 cm³/mol.